The van der Waals surface area contributed by atoms with Crippen molar-refractivity contribution in [2.24, 2.45) is 5.73 Å². The van der Waals surface area contributed by atoms with Gasteiger partial charge in [-0.1, -0.05) is 17.7 Å². The largest absolute Gasteiger partial charge is 0.482 e. The van der Waals surface area contributed by atoms with E-state index in [1.54, 1.807) is 24.3 Å². The van der Waals surface area contributed by atoms with Crippen LogP contribution < -0.4 is 25.8 Å². The Balaban J connectivity index is 1.75. The number of rotatable bonds is 7. The molecular formula is C25H29ClN4O4. The number of amides is 2. The predicted molar refractivity (Wildman–Crippen MR) is 129 cm³/mol. The molecule has 1 aliphatic heterocycles. The smallest absolute Gasteiger partial charge is 0.255 e. The number of primary amides is 1. The zero-order valence-corrected chi connectivity index (χ0v) is 20.5. The van der Waals surface area contributed by atoms with Crippen molar-refractivity contribution in [3.8, 4) is 23.3 Å². The summed E-state index contributed by atoms with van der Waals surface area (Å²) in [4.78, 5) is 23.9. The topological polar surface area (TPSA) is 126 Å². The van der Waals surface area contributed by atoms with Crippen LogP contribution >= 0.6 is 11.6 Å². The molecule has 1 heterocycles. The Morgan fingerprint density at radius 1 is 1.15 bits per heavy atom. The van der Waals surface area contributed by atoms with Gasteiger partial charge in [0.15, 0.2) is 6.61 Å². The maximum absolute atomic E-state index is 12.9. The van der Waals surface area contributed by atoms with Gasteiger partial charge in [0.25, 0.3) is 11.8 Å². The van der Waals surface area contributed by atoms with Crippen molar-refractivity contribution < 1.29 is 19.1 Å². The van der Waals surface area contributed by atoms with Crippen molar-refractivity contribution in [2.75, 3.05) is 6.61 Å². The Labute approximate surface area is 204 Å². The Bertz CT molecular complexity index is 1120. The van der Waals surface area contributed by atoms with Crippen LogP contribution in [0.3, 0.4) is 0 Å². The Kier molecular flexibility index (Phi) is 7.39. The van der Waals surface area contributed by atoms with E-state index in [0.717, 1.165) is 12.8 Å². The molecule has 2 aromatic rings. The molecule has 9 heteroatoms. The van der Waals surface area contributed by atoms with Gasteiger partial charge in [-0.15, -0.1) is 0 Å². The van der Waals surface area contributed by atoms with Crippen molar-refractivity contribution in [1.29, 1.82) is 5.26 Å². The molecule has 1 fully saturated rings. The Hall–Kier alpha value is -3.28. The fourth-order valence-electron chi connectivity index (χ4n) is 4.51. The van der Waals surface area contributed by atoms with Crippen LogP contribution in [0.1, 0.15) is 56.5 Å². The molecule has 0 spiro atoms. The number of halogens is 1. The molecule has 0 aliphatic carbocycles. The van der Waals surface area contributed by atoms with Crippen LogP contribution in [-0.4, -0.2) is 35.5 Å². The number of hydrogen-bond acceptors (Lipinski definition) is 6. The molecule has 180 valence electrons. The van der Waals surface area contributed by atoms with Crippen LogP contribution in [0, 0.1) is 11.3 Å². The van der Waals surface area contributed by atoms with E-state index in [-0.39, 0.29) is 57.5 Å². The van der Waals surface area contributed by atoms with Crippen molar-refractivity contribution in [2.45, 2.75) is 57.7 Å². The fourth-order valence-corrected chi connectivity index (χ4v) is 4.73. The lowest BCUT2D eigenvalue weighted by atomic mass is 9.79. The maximum Gasteiger partial charge on any atom is 0.255 e. The number of nitrogens with one attached hydrogen (secondary N) is 2. The first-order valence-corrected chi connectivity index (χ1v) is 11.3. The zero-order chi connectivity index (χ0) is 25.1. The Morgan fingerprint density at radius 2 is 1.79 bits per heavy atom. The SMILES string of the molecule is CC1(C)CC(NC(=O)c2ccc(Oc3cccc(OCC(N)=O)c3C#N)c(Cl)c2)CC(C)(C)N1. The highest BCUT2D eigenvalue weighted by molar-refractivity contribution is 6.32. The first kappa shape index (κ1) is 25.3. The molecule has 2 amide bonds. The van der Waals surface area contributed by atoms with Gasteiger partial charge >= 0.3 is 0 Å². The fraction of sp³-hybridized carbons (Fsp3) is 0.400. The van der Waals surface area contributed by atoms with Gasteiger partial charge in [-0.25, -0.2) is 0 Å². The molecule has 0 aromatic heterocycles. The Morgan fingerprint density at radius 3 is 2.38 bits per heavy atom. The number of piperidine rings is 1. The lowest BCUT2D eigenvalue weighted by Gasteiger charge is -2.46. The lowest BCUT2D eigenvalue weighted by Crippen LogP contribution is -2.62. The number of benzene rings is 2. The highest BCUT2D eigenvalue weighted by Crippen LogP contribution is 2.35. The minimum absolute atomic E-state index is 0.0229. The van der Waals surface area contributed by atoms with Crippen molar-refractivity contribution in [3.05, 3.63) is 52.5 Å². The van der Waals surface area contributed by atoms with E-state index in [4.69, 9.17) is 26.8 Å². The van der Waals surface area contributed by atoms with Crippen molar-refractivity contribution in [3.63, 3.8) is 0 Å². The molecule has 4 N–H and O–H groups in total. The minimum atomic E-state index is -0.663. The number of nitrogens with two attached hydrogens (primary N) is 1. The van der Waals surface area contributed by atoms with E-state index < -0.39 is 5.91 Å². The monoisotopic (exact) mass is 484 g/mol. The second-order valence-corrected chi connectivity index (χ2v) is 10.1. The van der Waals surface area contributed by atoms with Crippen LogP contribution in [-0.2, 0) is 4.79 Å². The third kappa shape index (κ3) is 6.40. The summed E-state index contributed by atoms with van der Waals surface area (Å²) in [6.45, 7) is 8.13. The van der Waals surface area contributed by atoms with Gasteiger partial charge in [0.1, 0.15) is 28.9 Å². The van der Waals surface area contributed by atoms with Gasteiger partial charge in [-0.2, -0.15) is 5.26 Å². The number of ether oxygens (including phenoxy) is 2. The zero-order valence-electron chi connectivity index (χ0n) is 19.7. The first-order chi connectivity index (χ1) is 15.9. The molecule has 0 bridgehead atoms. The molecule has 3 rings (SSSR count). The number of carbonyl (C=O) groups excluding carboxylic acids is 2. The summed E-state index contributed by atoms with van der Waals surface area (Å²) in [5.74, 6) is -0.248. The second-order valence-electron chi connectivity index (χ2n) is 9.71. The van der Waals surface area contributed by atoms with E-state index in [1.807, 2.05) is 6.07 Å². The lowest BCUT2D eigenvalue weighted by molar-refractivity contribution is -0.119. The summed E-state index contributed by atoms with van der Waals surface area (Å²) >= 11 is 6.40. The third-order valence-corrected chi connectivity index (χ3v) is 5.70. The standard InChI is InChI=1S/C25H29ClN4O4/c1-24(2)11-16(12-25(3,4)30-24)29-23(32)15-8-9-21(18(26)10-15)34-20-7-5-6-19(17(20)13-27)33-14-22(28)31/h5-10,16,30H,11-12,14H2,1-4H3,(H2,28,31)(H,29,32). The predicted octanol–water partition coefficient (Wildman–Crippen LogP) is 3.91. The van der Waals surface area contributed by atoms with E-state index in [0.29, 0.717) is 5.56 Å². The van der Waals surface area contributed by atoms with Crippen LogP contribution in [0.4, 0.5) is 0 Å². The molecule has 0 unspecified atom stereocenters. The first-order valence-electron chi connectivity index (χ1n) is 10.9. The van der Waals surface area contributed by atoms with E-state index >= 15 is 0 Å². The average molecular weight is 485 g/mol. The summed E-state index contributed by atoms with van der Waals surface area (Å²) < 4.78 is 11.1. The van der Waals surface area contributed by atoms with Gasteiger partial charge in [0.05, 0.1) is 5.02 Å². The van der Waals surface area contributed by atoms with Crippen LogP contribution in [0.5, 0.6) is 17.2 Å². The number of hydrogen-bond donors (Lipinski definition) is 3. The highest BCUT2D eigenvalue weighted by Gasteiger charge is 2.38. The molecule has 0 radical (unpaired) electrons. The van der Waals surface area contributed by atoms with Crippen LogP contribution in [0.25, 0.3) is 0 Å². The van der Waals surface area contributed by atoms with Gasteiger partial charge in [0, 0.05) is 22.7 Å². The summed E-state index contributed by atoms with van der Waals surface area (Å²) in [6, 6.07) is 11.5. The third-order valence-electron chi connectivity index (χ3n) is 5.41. The maximum atomic E-state index is 12.9. The molecule has 1 saturated heterocycles. The molecule has 8 nitrogen and oxygen atoms in total. The van der Waals surface area contributed by atoms with Crippen LogP contribution in [0.15, 0.2) is 36.4 Å². The quantitative estimate of drug-likeness (QED) is 0.547. The average Bonchev–Trinajstić information content (AvgIpc) is 2.71. The number of carbonyl (C=O) groups is 2. The van der Waals surface area contributed by atoms with Gasteiger partial charge in [-0.05, 0) is 70.9 Å². The molecule has 0 atom stereocenters. The molecule has 0 saturated carbocycles. The van der Waals surface area contributed by atoms with Gasteiger partial charge in [0.2, 0.25) is 0 Å². The molecule has 1 aliphatic rings. The summed E-state index contributed by atoms with van der Waals surface area (Å²) in [5.41, 5.74) is 5.42. The summed E-state index contributed by atoms with van der Waals surface area (Å²) in [5, 5.41) is 16.5. The molecule has 2 aromatic carbocycles. The van der Waals surface area contributed by atoms with E-state index in [9.17, 15) is 14.9 Å². The van der Waals surface area contributed by atoms with Gasteiger partial charge in [-0.3, -0.25) is 9.59 Å². The van der Waals surface area contributed by atoms with Gasteiger partial charge < -0.3 is 25.8 Å². The van der Waals surface area contributed by atoms with E-state index in [1.165, 1.54) is 12.1 Å². The molecule has 34 heavy (non-hydrogen) atoms. The second kappa shape index (κ2) is 9.92. The van der Waals surface area contributed by atoms with Crippen molar-refractivity contribution in [1.82, 2.24) is 10.6 Å². The van der Waals surface area contributed by atoms with E-state index in [2.05, 4.69) is 38.3 Å². The molecular weight excluding hydrogens is 456 g/mol. The minimum Gasteiger partial charge on any atom is -0.482 e. The van der Waals surface area contributed by atoms with Crippen LogP contribution in [0.2, 0.25) is 5.02 Å². The normalized spacial score (nSPS) is 16.8. The highest BCUT2D eigenvalue weighted by atomic mass is 35.5. The van der Waals surface area contributed by atoms with Crippen molar-refractivity contribution >= 4 is 23.4 Å². The summed E-state index contributed by atoms with van der Waals surface area (Å²) in [6.07, 6.45) is 1.62. The summed E-state index contributed by atoms with van der Waals surface area (Å²) in [7, 11) is 0. The number of nitrogens with zero attached hydrogens (tertiary/aromatic N) is 1. The number of nitriles is 1.